The molecular formula is C19H21BF2O2. The summed E-state index contributed by atoms with van der Waals surface area (Å²) in [6.45, 7) is 2.29. The highest BCUT2D eigenvalue weighted by Crippen LogP contribution is 2.36. The molecule has 3 rings (SSSR count). The van der Waals surface area contributed by atoms with E-state index in [2.05, 4.69) is 6.92 Å². The van der Waals surface area contributed by atoms with Gasteiger partial charge in [-0.05, 0) is 53.5 Å². The molecule has 0 unspecified atom stereocenters. The molecule has 5 heteroatoms. The van der Waals surface area contributed by atoms with Gasteiger partial charge in [-0.1, -0.05) is 44.0 Å². The molecule has 2 N–H and O–H groups in total. The fourth-order valence-corrected chi connectivity index (χ4v) is 3.54. The predicted molar refractivity (Wildman–Crippen MR) is 92.0 cm³/mol. The molecule has 1 saturated carbocycles. The molecule has 1 aliphatic carbocycles. The first-order valence-corrected chi connectivity index (χ1v) is 8.41. The smallest absolute Gasteiger partial charge is 0.423 e. The molecule has 0 saturated heterocycles. The Morgan fingerprint density at radius 2 is 1.42 bits per heavy atom. The maximum atomic E-state index is 13.9. The molecule has 0 atom stereocenters. The van der Waals surface area contributed by atoms with E-state index >= 15 is 0 Å². The summed E-state index contributed by atoms with van der Waals surface area (Å²) in [6.07, 6.45) is 4.86. The first-order chi connectivity index (χ1) is 11.5. The SMILES string of the molecule is CC1CCC(c2ccc(-c3cc(F)c(B(O)O)c(F)c3)cc2)CC1. The molecule has 0 heterocycles. The normalized spacial score (nSPS) is 20.9. The molecule has 126 valence electrons. The predicted octanol–water partition coefficient (Wildman–Crippen LogP) is 3.61. The summed E-state index contributed by atoms with van der Waals surface area (Å²) in [6, 6.07) is 10.1. The molecule has 0 amide bonds. The fraction of sp³-hybridized carbons (Fsp3) is 0.368. The fourth-order valence-electron chi connectivity index (χ4n) is 3.54. The average Bonchev–Trinajstić information content (AvgIpc) is 2.54. The van der Waals surface area contributed by atoms with Gasteiger partial charge in [-0.15, -0.1) is 0 Å². The van der Waals surface area contributed by atoms with E-state index < -0.39 is 24.2 Å². The number of rotatable bonds is 3. The molecule has 0 radical (unpaired) electrons. The first kappa shape index (κ1) is 17.1. The summed E-state index contributed by atoms with van der Waals surface area (Å²) >= 11 is 0. The Balaban J connectivity index is 1.83. The third kappa shape index (κ3) is 3.52. The van der Waals surface area contributed by atoms with Gasteiger partial charge in [0.1, 0.15) is 11.6 Å². The Bertz CT molecular complexity index is 685. The van der Waals surface area contributed by atoms with Gasteiger partial charge < -0.3 is 10.0 Å². The lowest BCUT2D eigenvalue weighted by Gasteiger charge is -2.26. The minimum Gasteiger partial charge on any atom is -0.423 e. The third-order valence-electron chi connectivity index (χ3n) is 5.07. The molecule has 1 aliphatic rings. The molecule has 24 heavy (non-hydrogen) atoms. The first-order valence-electron chi connectivity index (χ1n) is 8.41. The Morgan fingerprint density at radius 3 is 1.92 bits per heavy atom. The van der Waals surface area contributed by atoms with Crippen LogP contribution in [0.5, 0.6) is 0 Å². The zero-order chi connectivity index (χ0) is 17.3. The van der Waals surface area contributed by atoms with Crippen LogP contribution in [-0.2, 0) is 0 Å². The lowest BCUT2D eigenvalue weighted by molar-refractivity contribution is 0.348. The van der Waals surface area contributed by atoms with Crippen molar-refractivity contribution in [1.82, 2.24) is 0 Å². The molecule has 1 fully saturated rings. The summed E-state index contributed by atoms with van der Waals surface area (Å²) in [5.74, 6) is -0.543. The second-order valence-electron chi connectivity index (χ2n) is 6.81. The second-order valence-corrected chi connectivity index (χ2v) is 6.81. The zero-order valence-corrected chi connectivity index (χ0v) is 13.7. The van der Waals surface area contributed by atoms with Crippen molar-refractivity contribution in [1.29, 1.82) is 0 Å². The van der Waals surface area contributed by atoms with Crippen LogP contribution < -0.4 is 5.46 Å². The van der Waals surface area contributed by atoms with Gasteiger partial charge in [0.15, 0.2) is 0 Å². The van der Waals surface area contributed by atoms with E-state index in [0.29, 0.717) is 17.0 Å². The van der Waals surface area contributed by atoms with Crippen LogP contribution in [0.25, 0.3) is 11.1 Å². The minimum absolute atomic E-state index is 0.387. The summed E-state index contributed by atoms with van der Waals surface area (Å²) in [5.41, 5.74) is 1.65. The van der Waals surface area contributed by atoms with E-state index in [9.17, 15) is 8.78 Å². The van der Waals surface area contributed by atoms with Gasteiger partial charge in [0.05, 0.1) is 5.46 Å². The van der Waals surface area contributed by atoms with Crippen LogP contribution in [0.3, 0.4) is 0 Å². The van der Waals surface area contributed by atoms with E-state index in [1.54, 1.807) is 0 Å². The Kier molecular flexibility index (Phi) is 5.02. The molecule has 0 aliphatic heterocycles. The van der Waals surface area contributed by atoms with E-state index in [1.165, 1.54) is 31.2 Å². The lowest BCUT2D eigenvalue weighted by atomic mass is 9.78. The van der Waals surface area contributed by atoms with Crippen LogP contribution in [0.15, 0.2) is 36.4 Å². The Morgan fingerprint density at radius 1 is 0.875 bits per heavy atom. The number of halogens is 2. The van der Waals surface area contributed by atoms with Gasteiger partial charge in [0.2, 0.25) is 0 Å². The van der Waals surface area contributed by atoms with Crippen molar-refractivity contribution in [2.45, 2.75) is 38.5 Å². The Labute approximate surface area is 141 Å². The summed E-state index contributed by atoms with van der Waals surface area (Å²) < 4.78 is 27.8. The van der Waals surface area contributed by atoms with Gasteiger partial charge in [-0.25, -0.2) is 8.78 Å². The highest BCUT2D eigenvalue weighted by atomic mass is 19.1. The van der Waals surface area contributed by atoms with Crippen molar-refractivity contribution in [3.63, 3.8) is 0 Å². The van der Waals surface area contributed by atoms with Crippen LogP contribution in [0.1, 0.15) is 44.1 Å². The topological polar surface area (TPSA) is 40.5 Å². The quantitative estimate of drug-likeness (QED) is 0.844. The maximum Gasteiger partial charge on any atom is 0.494 e. The highest BCUT2D eigenvalue weighted by Gasteiger charge is 2.23. The van der Waals surface area contributed by atoms with Crippen molar-refractivity contribution in [3.8, 4) is 11.1 Å². The number of hydrogen-bond donors (Lipinski definition) is 2. The monoisotopic (exact) mass is 330 g/mol. The van der Waals surface area contributed by atoms with Gasteiger partial charge in [-0.3, -0.25) is 0 Å². The van der Waals surface area contributed by atoms with Crippen molar-refractivity contribution in [2.24, 2.45) is 5.92 Å². The van der Waals surface area contributed by atoms with Crippen LogP contribution in [0, 0.1) is 17.6 Å². The van der Waals surface area contributed by atoms with E-state index in [-0.39, 0.29) is 0 Å². The van der Waals surface area contributed by atoms with Crippen molar-refractivity contribution >= 4 is 12.6 Å². The molecular weight excluding hydrogens is 309 g/mol. The van der Waals surface area contributed by atoms with Gasteiger partial charge in [0.25, 0.3) is 0 Å². The highest BCUT2D eigenvalue weighted by molar-refractivity contribution is 6.58. The molecule has 2 aromatic rings. The van der Waals surface area contributed by atoms with Crippen molar-refractivity contribution in [2.75, 3.05) is 0 Å². The number of hydrogen-bond acceptors (Lipinski definition) is 2. The molecule has 2 nitrogen and oxygen atoms in total. The van der Waals surface area contributed by atoms with Gasteiger partial charge >= 0.3 is 7.12 Å². The standard InChI is InChI=1S/C19H21BF2O2/c1-12-2-4-13(5-3-12)14-6-8-15(9-7-14)16-10-17(21)19(20(23)24)18(22)11-16/h6-13,23-24H,2-5H2,1H3. The lowest BCUT2D eigenvalue weighted by Crippen LogP contribution is -2.35. The van der Waals surface area contributed by atoms with E-state index in [4.69, 9.17) is 10.0 Å². The van der Waals surface area contributed by atoms with Crippen LogP contribution in [0.4, 0.5) is 8.78 Å². The van der Waals surface area contributed by atoms with Gasteiger partial charge in [-0.2, -0.15) is 0 Å². The van der Waals surface area contributed by atoms with Crippen LogP contribution in [-0.4, -0.2) is 17.2 Å². The Hall–Kier alpha value is -1.72. The second kappa shape index (κ2) is 7.03. The van der Waals surface area contributed by atoms with Gasteiger partial charge in [0, 0.05) is 0 Å². The molecule has 0 bridgehead atoms. The molecule has 2 aromatic carbocycles. The number of benzene rings is 2. The molecule has 0 aromatic heterocycles. The largest absolute Gasteiger partial charge is 0.494 e. The van der Waals surface area contributed by atoms with Crippen molar-refractivity contribution in [3.05, 3.63) is 53.6 Å². The van der Waals surface area contributed by atoms with E-state index in [1.807, 2.05) is 24.3 Å². The van der Waals surface area contributed by atoms with Crippen LogP contribution in [0.2, 0.25) is 0 Å². The maximum absolute atomic E-state index is 13.9. The zero-order valence-electron chi connectivity index (χ0n) is 13.7. The summed E-state index contributed by atoms with van der Waals surface area (Å²) in [7, 11) is -2.16. The van der Waals surface area contributed by atoms with Crippen molar-refractivity contribution < 1.29 is 18.8 Å². The third-order valence-corrected chi connectivity index (χ3v) is 5.07. The van der Waals surface area contributed by atoms with Crippen LogP contribution >= 0.6 is 0 Å². The summed E-state index contributed by atoms with van der Waals surface area (Å²) in [4.78, 5) is 0. The van der Waals surface area contributed by atoms with E-state index in [0.717, 1.165) is 18.1 Å². The summed E-state index contributed by atoms with van der Waals surface area (Å²) in [5, 5.41) is 18.0. The molecule has 0 spiro atoms. The minimum atomic E-state index is -2.16. The average molecular weight is 330 g/mol.